The zero-order valence-corrected chi connectivity index (χ0v) is 13.2. The van der Waals surface area contributed by atoms with Crippen molar-refractivity contribution in [2.75, 3.05) is 23.9 Å². The van der Waals surface area contributed by atoms with Gasteiger partial charge in [0.2, 0.25) is 0 Å². The molecule has 2 N–H and O–H groups in total. The molecule has 6 heteroatoms. The Morgan fingerprint density at radius 1 is 1.40 bits per heavy atom. The van der Waals surface area contributed by atoms with Gasteiger partial charge in [0.25, 0.3) is 0 Å². The lowest BCUT2D eigenvalue weighted by Gasteiger charge is -2.19. The number of aromatic nitrogens is 1. The number of carboxylic acids is 1. The minimum absolute atomic E-state index is 0.215. The van der Waals surface area contributed by atoms with Gasteiger partial charge in [-0.3, -0.25) is 4.21 Å². The van der Waals surface area contributed by atoms with Crippen LogP contribution in [-0.2, 0) is 16.2 Å². The SMILES string of the molecule is CS(=O)CCCNc1cc(C(=O)O)cc(C(C)(C)C)n1. The van der Waals surface area contributed by atoms with Crippen molar-refractivity contribution >= 4 is 22.6 Å². The number of carbonyl (C=O) groups is 1. The van der Waals surface area contributed by atoms with E-state index in [1.165, 1.54) is 6.07 Å². The molecule has 1 rings (SSSR count). The van der Waals surface area contributed by atoms with Crippen molar-refractivity contribution in [3.05, 3.63) is 23.4 Å². The van der Waals surface area contributed by atoms with Gasteiger partial charge in [0, 0.05) is 40.5 Å². The third-order valence-electron chi connectivity index (χ3n) is 2.76. The number of aromatic carboxylic acids is 1. The number of anilines is 1. The molecule has 1 atom stereocenters. The average molecular weight is 298 g/mol. The van der Waals surface area contributed by atoms with Crippen molar-refractivity contribution in [2.45, 2.75) is 32.6 Å². The molecule has 1 unspecified atom stereocenters. The van der Waals surface area contributed by atoms with Crippen LogP contribution in [0.2, 0.25) is 0 Å². The van der Waals surface area contributed by atoms with E-state index in [1.807, 2.05) is 20.8 Å². The molecule has 0 aliphatic rings. The Balaban J connectivity index is 2.87. The highest BCUT2D eigenvalue weighted by Crippen LogP contribution is 2.23. The van der Waals surface area contributed by atoms with E-state index < -0.39 is 16.8 Å². The molecule has 0 saturated heterocycles. The first-order valence-corrected chi connectivity index (χ1v) is 8.22. The van der Waals surface area contributed by atoms with E-state index in [4.69, 9.17) is 5.11 Å². The maximum atomic E-state index is 11.2. The third-order valence-corrected chi connectivity index (χ3v) is 3.62. The third kappa shape index (κ3) is 5.28. The molecule has 1 aromatic heterocycles. The fourth-order valence-electron chi connectivity index (χ4n) is 1.62. The van der Waals surface area contributed by atoms with Gasteiger partial charge >= 0.3 is 5.97 Å². The highest BCUT2D eigenvalue weighted by atomic mass is 32.2. The summed E-state index contributed by atoms with van der Waals surface area (Å²) in [5, 5.41) is 12.2. The van der Waals surface area contributed by atoms with Crippen LogP contribution < -0.4 is 5.32 Å². The van der Waals surface area contributed by atoms with Crippen LogP contribution in [0.1, 0.15) is 43.2 Å². The monoisotopic (exact) mass is 298 g/mol. The first-order valence-electron chi connectivity index (χ1n) is 6.50. The molecule has 1 aromatic rings. The lowest BCUT2D eigenvalue weighted by atomic mass is 9.91. The zero-order chi connectivity index (χ0) is 15.3. The van der Waals surface area contributed by atoms with E-state index in [0.29, 0.717) is 18.1 Å². The van der Waals surface area contributed by atoms with Crippen molar-refractivity contribution in [3.8, 4) is 0 Å². The second-order valence-electron chi connectivity index (χ2n) is 5.74. The molecule has 0 fully saturated rings. The Bertz CT molecular complexity index is 510. The summed E-state index contributed by atoms with van der Waals surface area (Å²) in [6, 6.07) is 3.13. The van der Waals surface area contributed by atoms with E-state index >= 15 is 0 Å². The van der Waals surface area contributed by atoms with Crippen LogP contribution in [0.4, 0.5) is 5.82 Å². The number of hydrogen-bond donors (Lipinski definition) is 2. The molecule has 0 bridgehead atoms. The highest BCUT2D eigenvalue weighted by molar-refractivity contribution is 7.84. The summed E-state index contributed by atoms with van der Waals surface area (Å²) in [6.07, 6.45) is 2.42. The molecule has 112 valence electrons. The molecule has 0 aliphatic carbocycles. The number of carboxylic acid groups (broad SMARTS) is 1. The second kappa shape index (κ2) is 6.83. The summed E-state index contributed by atoms with van der Waals surface area (Å²) in [6.45, 7) is 6.60. The predicted molar refractivity (Wildman–Crippen MR) is 81.9 cm³/mol. The lowest BCUT2D eigenvalue weighted by molar-refractivity contribution is 0.0696. The zero-order valence-electron chi connectivity index (χ0n) is 12.4. The first-order chi connectivity index (χ1) is 9.20. The highest BCUT2D eigenvalue weighted by Gasteiger charge is 2.19. The minimum atomic E-state index is -0.962. The summed E-state index contributed by atoms with van der Waals surface area (Å²) in [4.78, 5) is 15.6. The number of nitrogens with one attached hydrogen (secondary N) is 1. The smallest absolute Gasteiger partial charge is 0.335 e. The number of hydrogen-bond acceptors (Lipinski definition) is 4. The molecule has 1 heterocycles. The van der Waals surface area contributed by atoms with Gasteiger partial charge in [0.05, 0.1) is 5.56 Å². The van der Waals surface area contributed by atoms with E-state index in [-0.39, 0.29) is 11.0 Å². The fourth-order valence-corrected chi connectivity index (χ4v) is 2.17. The normalized spacial score (nSPS) is 13.0. The van der Waals surface area contributed by atoms with Gasteiger partial charge in [-0.1, -0.05) is 20.8 Å². The molecule has 5 nitrogen and oxygen atoms in total. The molecule has 0 radical (unpaired) electrons. The number of pyridine rings is 1. The molecular weight excluding hydrogens is 276 g/mol. The van der Waals surface area contributed by atoms with E-state index in [1.54, 1.807) is 12.3 Å². The van der Waals surface area contributed by atoms with E-state index in [2.05, 4.69) is 10.3 Å². The van der Waals surface area contributed by atoms with Crippen LogP contribution in [0, 0.1) is 0 Å². The molecule has 0 spiro atoms. The van der Waals surface area contributed by atoms with Gasteiger partial charge in [-0.15, -0.1) is 0 Å². The summed E-state index contributed by atoms with van der Waals surface area (Å²) >= 11 is 0. The maximum absolute atomic E-state index is 11.2. The Kier molecular flexibility index (Phi) is 5.68. The van der Waals surface area contributed by atoms with Gasteiger partial charge in [0.15, 0.2) is 0 Å². The van der Waals surface area contributed by atoms with Crippen molar-refractivity contribution in [1.82, 2.24) is 4.98 Å². The van der Waals surface area contributed by atoms with Crippen LogP contribution in [0.15, 0.2) is 12.1 Å². The molecule has 0 saturated carbocycles. The van der Waals surface area contributed by atoms with Crippen molar-refractivity contribution < 1.29 is 14.1 Å². The number of rotatable bonds is 6. The average Bonchev–Trinajstić information content (AvgIpc) is 2.33. The van der Waals surface area contributed by atoms with Gasteiger partial charge in [-0.2, -0.15) is 0 Å². The van der Waals surface area contributed by atoms with Crippen LogP contribution >= 0.6 is 0 Å². The van der Waals surface area contributed by atoms with E-state index in [9.17, 15) is 9.00 Å². The molecule has 0 aliphatic heterocycles. The van der Waals surface area contributed by atoms with E-state index in [0.717, 1.165) is 12.1 Å². The predicted octanol–water partition coefficient (Wildman–Crippen LogP) is 2.26. The van der Waals surface area contributed by atoms with Crippen molar-refractivity contribution in [2.24, 2.45) is 0 Å². The minimum Gasteiger partial charge on any atom is -0.478 e. The standard InChI is InChI=1S/C14H22N2O3S/c1-14(2,3)11-8-10(13(17)18)9-12(16-11)15-6-5-7-20(4)19/h8-9H,5-7H2,1-4H3,(H,15,16)(H,17,18). The van der Waals surface area contributed by atoms with Crippen molar-refractivity contribution in [3.63, 3.8) is 0 Å². The van der Waals surface area contributed by atoms with Crippen LogP contribution in [0.3, 0.4) is 0 Å². The number of nitrogens with zero attached hydrogens (tertiary/aromatic N) is 1. The first kappa shape index (κ1) is 16.6. The lowest BCUT2D eigenvalue weighted by Crippen LogP contribution is -2.17. The largest absolute Gasteiger partial charge is 0.478 e. The quantitative estimate of drug-likeness (QED) is 0.788. The Morgan fingerprint density at radius 3 is 2.55 bits per heavy atom. The second-order valence-corrected chi connectivity index (χ2v) is 7.29. The molecule has 0 amide bonds. The van der Waals surface area contributed by atoms with Crippen LogP contribution in [0.25, 0.3) is 0 Å². The van der Waals surface area contributed by atoms with Gasteiger partial charge < -0.3 is 10.4 Å². The van der Waals surface area contributed by atoms with Crippen LogP contribution in [0.5, 0.6) is 0 Å². The molecule has 0 aromatic carbocycles. The maximum Gasteiger partial charge on any atom is 0.335 e. The molecule has 20 heavy (non-hydrogen) atoms. The Morgan fingerprint density at radius 2 is 2.05 bits per heavy atom. The van der Waals surface area contributed by atoms with Gasteiger partial charge in [-0.25, -0.2) is 9.78 Å². The summed E-state index contributed by atoms with van der Waals surface area (Å²) in [7, 11) is -0.808. The Hall–Kier alpha value is -1.43. The Labute approximate surface area is 122 Å². The van der Waals surface area contributed by atoms with Crippen LogP contribution in [-0.4, -0.2) is 38.8 Å². The fraction of sp³-hybridized carbons (Fsp3) is 0.571. The summed E-state index contributed by atoms with van der Waals surface area (Å²) < 4.78 is 11.0. The van der Waals surface area contributed by atoms with Crippen molar-refractivity contribution in [1.29, 1.82) is 0 Å². The molecular formula is C14H22N2O3S. The topological polar surface area (TPSA) is 79.3 Å². The van der Waals surface area contributed by atoms with Gasteiger partial charge in [-0.05, 0) is 18.6 Å². The van der Waals surface area contributed by atoms with Gasteiger partial charge in [0.1, 0.15) is 5.82 Å². The summed E-state index contributed by atoms with van der Waals surface area (Å²) in [5.74, 6) is 0.213. The summed E-state index contributed by atoms with van der Waals surface area (Å²) in [5.41, 5.74) is 0.748.